The minimum Gasteiger partial charge on any atom is -0.440 e. The highest BCUT2D eigenvalue weighted by molar-refractivity contribution is 5.84. The predicted molar refractivity (Wildman–Crippen MR) is 84.9 cm³/mol. The van der Waals surface area contributed by atoms with Gasteiger partial charge in [-0.05, 0) is 37.8 Å². The normalized spacial score (nSPS) is 11.3. The van der Waals surface area contributed by atoms with E-state index in [9.17, 15) is 4.79 Å². The Morgan fingerprint density at radius 1 is 1.20 bits per heavy atom. The van der Waals surface area contributed by atoms with Crippen molar-refractivity contribution in [1.29, 1.82) is 0 Å². The summed E-state index contributed by atoms with van der Waals surface area (Å²) < 4.78 is 6.09. The summed E-state index contributed by atoms with van der Waals surface area (Å²) in [7, 11) is 0. The van der Waals surface area contributed by atoms with E-state index >= 15 is 0 Å². The van der Waals surface area contributed by atoms with Crippen molar-refractivity contribution in [3.8, 4) is 0 Å². The first-order chi connectivity index (χ1) is 9.49. The summed E-state index contributed by atoms with van der Waals surface area (Å²) in [5, 5.41) is 0.715. The number of aryl methyl sites for hydroxylation is 1. The highest BCUT2D eigenvalue weighted by Crippen LogP contribution is 2.28. The Kier molecular flexibility index (Phi) is 4.17. The molecule has 0 amide bonds. The maximum Gasteiger partial charge on any atom is 0.199 e. The Bertz CT molecular complexity index is 666. The Labute approximate surface area is 120 Å². The van der Waals surface area contributed by atoms with Crippen LogP contribution in [-0.4, -0.2) is 13.1 Å². The van der Waals surface area contributed by atoms with Gasteiger partial charge in [-0.15, -0.1) is 0 Å². The molecule has 1 heterocycles. The minimum atomic E-state index is 0.0492. The first-order valence-corrected chi connectivity index (χ1v) is 7.31. The zero-order valence-electron chi connectivity index (χ0n) is 13.0. The van der Waals surface area contributed by atoms with Gasteiger partial charge in [-0.1, -0.05) is 26.0 Å². The van der Waals surface area contributed by atoms with Crippen LogP contribution >= 0.6 is 0 Å². The van der Waals surface area contributed by atoms with Crippen LogP contribution in [0.15, 0.2) is 27.4 Å². The van der Waals surface area contributed by atoms with Gasteiger partial charge in [-0.3, -0.25) is 4.79 Å². The smallest absolute Gasteiger partial charge is 0.199 e. The largest absolute Gasteiger partial charge is 0.440 e. The standard InChI is InChI=1S/C17H23NO2/c1-6-18(7-2)15-10-14(19)16-12(5)8-9-13(11(3)4)17(16)20-15/h8-11H,6-7H2,1-5H3. The van der Waals surface area contributed by atoms with Crippen LogP contribution in [0.5, 0.6) is 0 Å². The van der Waals surface area contributed by atoms with Crippen molar-refractivity contribution in [2.45, 2.75) is 40.5 Å². The molecule has 0 unspecified atom stereocenters. The maximum absolute atomic E-state index is 12.4. The van der Waals surface area contributed by atoms with Crippen LogP contribution in [-0.2, 0) is 0 Å². The van der Waals surface area contributed by atoms with Gasteiger partial charge in [-0.25, -0.2) is 0 Å². The Balaban J connectivity index is 2.80. The monoisotopic (exact) mass is 273 g/mol. The van der Waals surface area contributed by atoms with Crippen LogP contribution in [0.3, 0.4) is 0 Å². The SMILES string of the molecule is CCN(CC)c1cc(=O)c2c(C)ccc(C(C)C)c2o1. The molecule has 0 N–H and O–H groups in total. The zero-order valence-corrected chi connectivity index (χ0v) is 13.0. The summed E-state index contributed by atoms with van der Waals surface area (Å²) in [4.78, 5) is 14.5. The van der Waals surface area contributed by atoms with Crippen molar-refractivity contribution in [2.75, 3.05) is 18.0 Å². The van der Waals surface area contributed by atoms with E-state index < -0.39 is 0 Å². The molecule has 0 aliphatic rings. The zero-order chi connectivity index (χ0) is 14.9. The van der Waals surface area contributed by atoms with E-state index in [4.69, 9.17) is 4.42 Å². The summed E-state index contributed by atoms with van der Waals surface area (Å²) in [6.45, 7) is 12.0. The Morgan fingerprint density at radius 3 is 2.40 bits per heavy atom. The molecule has 0 bridgehead atoms. The molecule has 0 spiro atoms. The number of hydrogen-bond donors (Lipinski definition) is 0. The van der Waals surface area contributed by atoms with Crippen LogP contribution in [0, 0.1) is 6.92 Å². The van der Waals surface area contributed by atoms with Crippen LogP contribution in [0.25, 0.3) is 11.0 Å². The molecule has 108 valence electrons. The van der Waals surface area contributed by atoms with E-state index in [0.717, 1.165) is 29.8 Å². The third kappa shape index (κ3) is 2.45. The molecule has 1 aromatic carbocycles. The van der Waals surface area contributed by atoms with Crippen molar-refractivity contribution in [3.63, 3.8) is 0 Å². The summed E-state index contributed by atoms with van der Waals surface area (Å²) in [5.74, 6) is 0.994. The van der Waals surface area contributed by atoms with E-state index in [1.807, 2.05) is 13.0 Å². The molecule has 0 aliphatic carbocycles. The molecule has 3 nitrogen and oxygen atoms in total. The van der Waals surface area contributed by atoms with Crippen LogP contribution in [0.1, 0.15) is 44.7 Å². The molecule has 2 aromatic rings. The lowest BCUT2D eigenvalue weighted by Gasteiger charge is -2.20. The number of rotatable bonds is 4. The van der Waals surface area contributed by atoms with E-state index in [1.54, 1.807) is 6.07 Å². The van der Waals surface area contributed by atoms with Crippen molar-refractivity contribution >= 4 is 16.9 Å². The van der Waals surface area contributed by atoms with Gasteiger partial charge in [0, 0.05) is 19.2 Å². The lowest BCUT2D eigenvalue weighted by Crippen LogP contribution is -2.23. The van der Waals surface area contributed by atoms with Crippen molar-refractivity contribution in [1.82, 2.24) is 0 Å². The fourth-order valence-electron chi connectivity index (χ4n) is 2.58. The van der Waals surface area contributed by atoms with Crippen LogP contribution in [0.4, 0.5) is 5.88 Å². The molecule has 2 rings (SSSR count). The number of fused-ring (bicyclic) bond motifs is 1. The highest BCUT2D eigenvalue weighted by atomic mass is 16.4. The second-order valence-electron chi connectivity index (χ2n) is 5.45. The summed E-state index contributed by atoms with van der Waals surface area (Å²) in [5.41, 5.74) is 2.86. The van der Waals surface area contributed by atoms with Gasteiger partial charge in [0.15, 0.2) is 11.3 Å². The Morgan fingerprint density at radius 2 is 1.85 bits per heavy atom. The fourth-order valence-corrected chi connectivity index (χ4v) is 2.58. The summed E-state index contributed by atoms with van der Waals surface area (Å²) in [6, 6.07) is 5.69. The quantitative estimate of drug-likeness (QED) is 0.842. The number of benzene rings is 1. The molecule has 0 radical (unpaired) electrons. The second-order valence-corrected chi connectivity index (χ2v) is 5.45. The topological polar surface area (TPSA) is 33.5 Å². The summed E-state index contributed by atoms with van der Waals surface area (Å²) >= 11 is 0. The molecule has 20 heavy (non-hydrogen) atoms. The van der Waals surface area contributed by atoms with Gasteiger partial charge in [0.1, 0.15) is 5.58 Å². The Hall–Kier alpha value is -1.77. The molecule has 0 saturated heterocycles. The first-order valence-electron chi connectivity index (χ1n) is 7.31. The predicted octanol–water partition coefficient (Wildman–Crippen LogP) is 4.07. The van der Waals surface area contributed by atoms with E-state index in [-0.39, 0.29) is 5.43 Å². The molecule has 3 heteroatoms. The third-order valence-corrected chi connectivity index (χ3v) is 3.80. The lowest BCUT2D eigenvalue weighted by molar-refractivity contribution is 0.571. The highest BCUT2D eigenvalue weighted by Gasteiger charge is 2.15. The molecule has 0 fully saturated rings. The average molecular weight is 273 g/mol. The molecule has 0 saturated carbocycles. The van der Waals surface area contributed by atoms with Gasteiger partial charge in [-0.2, -0.15) is 0 Å². The summed E-state index contributed by atoms with van der Waals surface area (Å²) in [6.07, 6.45) is 0. The third-order valence-electron chi connectivity index (χ3n) is 3.80. The van der Waals surface area contributed by atoms with Crippen molar-refractivity contribution < 1.29 is 4.42 Å². The van der Waals surface area contributed by atoms with E-state index in [2.05, 4.69) is 38.7 Å². The number of nitrogens with zero attached hydrogens (tertiary/aromatic N) is 1. The van der Waals surface area contributed by atoms with Gasteiger partial charge < -0.3 is 9.32 Å². The van der Waals surface area contributed by atoms with Gasteiger partial charge in [0.25, 0.3) is 0 Å². The van der Waals surface area contributed by atoms with Crippen molar-refractivity contribution in [3.05, 3.63) is 39.5 Å². The second kappa shape index (κ2) is 5.70. The lowest BCUT2D eigenvalue weighted by atomic mass is 9.98. The van der Waals surface area contributed by atoms with E-state index in [1.165, 1.54) is 0 Å². The molecule has 0 aliphatic heterocycles. The molecular weight excluding hydrogens is 250 g/mol. The van der Waals surface area contributed by atoms with Crippen LogP contribution < -0.4 is 10.3 Å². The van der Waals surface area contributed by atoms with Gasteiger partial charge in [0.05, 0.1) is 5.39 Å². The number of anilines is 1. The first kappa shape index (κ1) is 14.6. The van der Waals surface area contributed by atoms with E-state index in [0.29, 0.717) is 17.2 Å². The maximum atomic E-state index is 12.4. The number of hydrogen-bond acceptors (Lipinski definition) is 3. The van der Waals surface area contributed by atoms with Crippen molar-refractivity contribution in [2.24, 2.45) is 0 Å². The van der Waals surface area contributed by atoms with Gasteiger partial charge >= 0.3 is 0 Å². The minimum absolute atomic E-state index is 0.0492. The van der Waals surface area contributed by atoms with Crippen LogP contribution in [0.2, 0.25) is 0 Å². The molecule has 1 aromatic heterocycles. The molecule has 0 atom stereocenters. The van der Waals surface area contributed by atoms with Gasteiger partial charge in [0.2, 0.25) is 0 Å². The fraction of sp³-hybridized carbons (Fsp3) is 0.471. The average Bonchev–Trinajstić information content (AvgIpc) is 2.39. The molecular formula is C17H23NO2.